The third-order valence-electron chi connectivity index (χ3n) is 5.52. The van der Waals surface area contributed by atoms with Crippen molar-refractivity contribution in [3.8, 4) is 0 Å². The van der Waals surface area contributed by atoms with E-state index in [2.05, 4.69) is 57.3 Å². The highest BCUT2D eigenvalue weighted by Gasteiger charge is 2.63. The molecule has 1 aliphatic rings. The molecule has 1 aromatic rings. The number of nitrogens with two attached hydrogens (primary N) is 1. The molecule has 19 heavy (non-hydrogen) atoms. The number of nitrogens with one attached hydrogen (secondary N) is 1. The van der Waals surface area contributed by atoms with E-state index in [1.165, 1.54) is 11.1 Å². The normalized spacial score (nSPS) is 20.5. The first kappa shape index (κ1) is 14.5. The highest BCUT2D eigenvalue weighted by atomic mass is 14.9. The maximum absolute atomic E-state index is 5.67. The quantitative estimate of drug-likeness (QED) is 0.825. The molecule has 2 rings (SSSR count). The monoisotopic (exact) mass is 260 g/mol. The molecule has 0 saturated heterocycles. The lowest BCUT2D eigenvalue weighted by Gasteiger charge is -2.10. The smallest absolute Gasteiger partial charge is 0.0208 e. The number of rotatable bonds is 6. The molecule has 0 unspecified atom stereocenters. The van der Waals surface area contributed by atoms with Crippen LogP contribution in [0.3, 0.4) is 0 Å². The summed E-state index contributed by atoms with van der Waals surface area (Å²) >= 11 is 0. The zero-order valence-electron chi connectivity index (χ0n) is 12.8. The van der Waals surface area contributed by atoms with E-state index in [1.54, 1.807) is 0 Å². The lowest BCUT2D eigenvalue weighted by atomic mass is 10.0. The Morgan fingerprint density at radius 1 is 1.05 bits per heavy atom. The van der Waals surface area contributed by atoms with E-state index in [9.17, 15) is 0 Å². The van der Waals surface area contributed by atoms with E-state index in [4.69, 9.17) is 5.73 Å². The van der Waals surface area contributed by atoms with E-state index in [0.29, 0.717) is 10.8 Å². The van der Waals surface area contributed by atoms with Crippen LogP contribution in [0.4, 0.5) is 0 Å². The van der Waals surface area contributed by atoms with Gasteiger partial charge in [-0.15, -0.1) is 0 Å². The van der Waals surface area contributed by atoms with E-state index in [-0.39, 0.29) is 0 Å². The lowest BCUT2D eigenvalue weighted by Crippen LogP contribution is -2.20. The van der Waals surface area contributed by atoms with Crippen molar-refractivity contribution in [3.05, 3.63) is 35.4 Å². The zero-order chi connectivity index (χ0) is 14.1. The van der Waals surface area contributed by atoms with Gasteiger partial charge >= 0.3 is 0 Å². The van der Waals surface area contributed by atoms with E-state index in [0.717, 1.165) is 32.0 Å². The van der Waals surface area contributed by atoms with Gasteiger partial charge in [0.15, 0.2) is 0 Å². The molecule has 0 spiro atoms. The molecule has 0 atom stereocenters. The van der Waals surface area contributed by atoms with Crippen LogP contribution in [0.5, 0.6) is 0 Å². The third kappa shape index (κ3) is 2.70. The van der Waals surface area contributed by atoms with Crippen LogP contribution < -0.4 is 11.1 Å². The summed E-state index contributed by atoms with van der Waals surface area (Å²) in [6.07, 6.45) is 0.971. The fourth-order valence-electron chi connectivity index (χ4n) is 3.32. The van der Waals surface area contributed by atoms with Crippen molar-refractivity contribution in [3.63, 3.8) is 0 Å². The van der Waals surface area contributed by atoms with Gasteiger partial charge in [-0.3, -0.25) is 0 Å². The maximum Gasteiger partial charge on any atom is 0.0208 e. The first-order valence-electron chi connectivity index (χ1n) is 7.39. The van der Waals surface area contributed by atoms with E-state index >= 15 is 0 Å². The summed E-state index contributed by atoms with van der Waals surface area (Å²) in [7, 11) is 0. The van der Waals surface area contributed by atoms with Gasteiger partial charge in [0.05, 0.1) is 0 Å². The molecular weight excluding hydrogens is 232 g/mol. The van der Waals surface area contributed by atoms with Crippen molar-refractivity contribution in [1.82, 2.24) is 5.32 Å². The van der Waals surface area contributed by atoms with Crippen LogP contribution in [0.1, 0.15) is 38.8 Å². The molecule has 0 bridgehead atoms. The Labute approximate surface area is 117 Å². The molecule has 2 heteroatoms. The molecule has 1 aliphatic carbocycles. The highest BCUT2D eigenvalue weighted by Crippen LogP contribution is 2.67. The average Bonchev–Trinajstić information content (AvgIpc) is 2.74. The SMILES string of the molecule is CC1(C)C(CNCc2ccccc2CCN)C1(C)C. The highest BCUT2D eigenvalue weighted by molar-refractivity contribution is 5.27. The Bertz CT molecular complexity index is 421. The molecule has 3 N–H and O–H groups in total. The minimum Gasteiger partial charge on any atom is -0.330 e. The molecule has 1 saturated carbocycles. The second kappa shape index (κ2) is 5.26. The van der Waals surface area contributed by atoms with Gasteiger partial charge in [0.1, 0.15) is 0 Å². The Balaban J connectivity index is 1.87. The molecule has 0 aromatic heterocycles. The zero-order valence-corrected chi connectivity index (χ0v) is 12.8. The first-order chi connectivity index (χ1) is 8.91. The van der Waals surface area contributed by atoms with Crippen LogP contribution in [-0.4, -0.2) is 13.1 Å². The van der Waals surface area contributed by atoms with Gasteiger partial charge in [0, 0.05) is 6.54 Å². The van der Waals surface area contributed by atoms with Gasteiger partial charge in [0.25, 0.3) is 0 Å². The molecule has 0 radical (unpaired) electrons. The second-order valence-electron chi connectivity index (χ2n) is 6.93. The molecule has 106 valence electrons. The summed E-state index contributed by atoms with van der Waals surface area (Å²) in [4.78, 5) is 0. The summed E-state index contributed by atoms with van der Waals surface area (Å²) in [5, 5.41) is 3.63. The molecular formula is C17H28N2. The van der Waals surface area contributed by atoms with Crippen LogP contribution >= 0.6 is 0 Å². The standard InChI is InChI=1S/C17H28N2/c1-16(2)15(17(16,3)4)12-19-11-14-8-6-5-7-13(14)9-10-18/h5-8,15,19H,9-12,18H2,1-4H3. The summed E-state index contributed by atoms with van der Waals surface area (Å²) in [5.74, 6) is 0.779. The number of hydrogen-bond acceptors (Lipinski definition) is 2. The molecule has 0 heterocycles. The van der Waals surface area contributed by atoms with Crippen LogP contribution in [0.2, 0.25) is 0 Å². The summed E-state index contributed by atoms with van der Waals surface area (Å²) in [5.41, 5.74) is 9.38. The molecule has 1 fully saturated rings. The molecule has 0 aliphatic heterocycles. The lowest BCUT2D eigenvalue weighted by molar-refractivity contribution is 0.457. The van der Waals surface area contributed by atoms with Crippen molar-refractivity contribution >= 4 is 0 Å². The maximum atomic E-state index is 5.67. The Hall–Kier alpha value is -0.860. The van der Waals surface area contributed by atoms with Gasteiger partial charge in [0.2, 0.25) is 0 Å². The van der Waals surface area contributed by atoms with Gasteiger partial charge < -0.3 is 11.1 Å². The van der Waals surface area contributed by atoms with Crippen LogP contribution in [0, 0.1) is 16.7 Å². The van der Waals surface area contributed by atoms with Crippen LogP contribution in [0.15, 0.2) is 24.3 Å². The van der Waals surface area contributed by atoms with Gasteiger partial charge in [-0.2, -0.15) is 0 Å². The number of benzene rings is 1. The van der Waals surface area contributed by atoms with Crippen molar-refractivity contribution in [2.45, 2.75) is 40.7 Å². The fraction of sp³-hybridized carbons (Fsp3) is 0.647. The summed E-state index contributed by atoms with van der Waals surface area (Å²) < 4.78 is 0. The largest absolute Gasteiger partial charge is 0.330 e. The second-order valence-corrected chi connectivity index (χ2v) is 6.93. The minimum atomic E-state index is 0.469. The average molecular weight is 260 g/mol. The first-order valence-corrected chi connectivity index (χ1v) is 7.39. The van der Waals surface area contributed by atoms with Crippen LogP contribution in [-0.2, 0) is 13.0 Å². The van der Waals surface area contributed by atoms with Crippen molar-refractivity contribution in [2.24, 2.45) is 22.5 Å². The molecule has 0 amide bonds. The third-order valence-corrected chi connectivity index (χ3v) is 5.52. The Morgan fingerprint density at radius 3 is 2.16 bits per heavy atom. The minimum absolute atomic E-state index is 0.469. The molecule has 2 nitrogen and oxygen atoms in total. The number of hydrogen-bond donors (Lipinski definition) is 2. The van der Waals surface area contributed by atoms with Crippen molar-refractivity contribution in [2.75, 3.05) is 13.1 Å². The van der Waals surface area contributed by atoms with E-state index < -0.39 is 0 Å². The van der Waals surface area contributed by atoms with Gasteiger partial charge in [-0.25, -0.2) is 0 Å². The Morgan fingerprint density at radius 2 is 1.63 bits per heavy atom. The predicted molar refractivity (Wildman–Crippen MR) is 82.0 cm³/mol. The van der Waals surface area contributed by atoms with Crippen molar-refractivity contribution < 1.29 is 0 Å². The topological polar surface area (TPSA) is 38.0 Å². The predicted octanol–water partition coefficient (Wildman–Crippen LogP) is 2.96. The molecule has 1 aromatic carbocycles. The summed E-state index contributed by atoms with van der Waals surface area (Å²) in [6, 6.07) is 8.61. The van der Waals surface area contributed by atoms with Gasteiger partial charge in [-0.1, -0.05) is 52.0 Å². The Kier molecular flexibility index (Phi) is 4.03. The van der Waals surface area contributed by atoms with Crippen LogP contribution in [0.25, 0.3) is 0 Å². The van der Waals surface area contributed by atoms with E-state index in [1.807, 2.05) is 0 Å². The fourth-order valence-corrected chi connectivity index (χ4v) is 3.32. The van der Waals surface area contributed by atoms with Gasteiger partial charge in [-0.05, 0) is 47.4 Å². The summed E-state index contributed by atoms with van der Waals surface area (Å²) in [6.45, 7) is 12.3. The van der Waals surface area contributed by atoms with Crippen molar-refractivity contribution in [1.29, 1.82) is 0 Å².